The van der Waals surface area contributed by atoms with Crippen LogP contribution >= 0.6 is 23.2 Å². The van der Waals surface area contributed by atoms with Crippen molar-refractivity contribution < 1.29 is 14.7 Å². The lowest BCUT2D eigenvalue weighted by atomic mass is 9.95. The van der Waals surface area contributed by atoms with E-state index in [1.807, 2.05) is 30.5 Å². The highest BCUT2D eigenvalue weighted by molar-refractivity contribution is 6.46. The first-order valence-corrected chi connectivity index (χ1v) is 11.5. The molecule has 0 aliphatic carbocycles. The average molecular weight is 491 g/mol. The van der Waals surface area contributed by atoms with Crippen LogP contribution in [0.4, 0.5) is 0 Å². The van der Waals surface area contributed by atoms with Crippen LogP contribution in [0.2, 0.25) is 10.0 Å². The van der Waals surface area contributed by atoms with Crippen LogP contribution in [0.5, 0.6) is 0 Å². The van der Waals surface area contributed by atoms with Crippen LogP contribution in [0.3, 0.4) is 0 Å². The molecule has 1 saturated heterocycles. The van der Waals surface area contributed by atoms with Crippen molar-refractivity contribution in [3.63, 3.8) is 0 Å². The summed E-state index contributed by atoms with van der Waals surface area (Å²) in [6, 6.07) is 20.6. The van der Waals surface area contributed by atoms with Crippen molar-refractivity contribution in [1.29, 1.82) is 0 Å². The van der Waals surface area contributed by atoms with Gasteiger partial charge in [-0.15, -0.1) is 0 Å². The third-order valence-electron chi connectivity index (χ3n) is 6.14. The summed E-state index contributed by atoms with van der Waals surface area (Å²) in [4.78, 5) is 31.1. The SMILES string of the molecule is O=C1C(=O)N(CCc2c[nH]c3ccccc23)[C@@H](c2ccc(Cl)cc2)C1=C(O)c1ccc(Cl)cc1. The number of amides is 1. The van der Waals surface area contributed by atoms with Crippen molar-refractivity contribution in [2.45, 2.75) is 12.5 Å². The first-order valence-electron chi connectivity index (χ1n) is 10.8. The Morgan fingerprint density at radius 1 is 0.912 bits per heavy atom. The Morgan fingerprint density at radius 2 is 1.56 bits per heavy atom. The number of aromatic nitrogens is 1. The number of benzene rings is 3. The minimum Gasteiger partial charge on any atom is -0.507 e. The summed E-state index contributed by atoms with van der Waals surface area (Å²) in [6.45, 7) is 0.303. The number of aliphatic hydroxyl groups is 1. The lowest BCUT2D eigenvalue weighted by Gasteiger charge is -2.25. The van der Waals surface area contributed by atoms with Crippen molar-refractivity contribution in [3.05, 3.63) is 111 Å². The number of hydrogen-bond acceptors (Lipinski definition) is 3. The number of fused-ring (bicyclic) bond motifs is 1. The maximum absolute atomic E-state index is 13.2. The molecule has 1 aliphatic heterocycles. The topological polar surface area (TPSA) is 73.4 Å². The van der Waals surface area contributed by atoms with E-state index in [1.165, 1.54) is 4.90 Å². The Balaban J connectivity index is 1.56. The van der Waals surface area contributed by atoms with Crippen LogP contribution in [0.1, 0.15) is 22.7 Å². The molecule has 5 nitrogen and oxygen atoms in total. The van der Waals surface area contributed by atoms with Crippen LogP contribution in [0, 0.1) is 0 Å². The Kier molecular flexibility index (Phi) is 5.90. The Bertz CT molecular complexity index is 1420. The number of ketones is 1. The molecule has 1 aromatic heterocycles. The number of nitrogens with one attached hydrogen (secondary N) is 1. The Morgan fingerprint density at radius 3 is 2.26 bits per heavy atom. The van der Waals surface area contributed by atoms with Gasteiger partial charge in [-0.25, -0.2) is 0 Å². The molecule has 5 rings (SSSR count). The largest absolute Gasteiger partial charge is 0.507 e. The highest BCUT2D eigenvalue weighted by Gasteiger charge is 2.45. The van der Waals surface area contributed by atoms with E-state index in [0.717, 1.165) is 16.5 Å². The number of H-pyrrole nitrogens is 1. The lowest BCUT2D eigenvalue weighted by molar-refractivity contribution is -0.139. The van der Waals surface area contributed by atoms with Gasteiger partial charge in [-0.1, -0.05) is 53.5 Å². The van der Waals surface area contributed by atoms with Crippen molar-refractivity contribution in [2.75, 3.05) is 6.54 Å². The molecule has 0 unspecified atom stereocenters. The van der Waals surface area contributed by atoms with Crippen LogP contribution in [0.15, 0.2) is 84.6 Å². The van der Waals surface area contributed by atoms with Gasteiger partial charge >= 0.3 is 0 Å². The fraction of sp³-hybridized carbons (Fsp3) is 0.111. The molecule has 1 amide bonds. The van der Waals surface area contributed by atoms with Crippen LogP contribution in [-0.4, -0.2) is 33.2 Å². The molecule has 0 bridgehead atoms. The molecule has 2 N–H and O–H groups in total. The van der Waals surface area contributed by atoms with Gasteiger partial charge in [0.05, 0.1) is 11.6 Å². The summed E-state index contributed by atoms with van der Waals surface area (Å²) >= 11 is 12.1. The zero-order chi connectivity index (χ0) is 23.8. The second-order valence-corrected chi connectivity index (χ2v) is 9.03. The number of halogens is 2. The first-order chi connectivity index (χ1) is 16.4. The smallest absolute Gasteiger partial charge is 0.295 e. The number of nitrogens with zero attached hydrogens (tertiary/aromatic N) is 1. The van der Waals surface area contributed by atoms with Gasteiger partial charge in [0.1, 0.15) is 5.76 Å². The number of likely N-dealkylation sites (tertiary alicyclic amines) is 1. The molecule has 3 aromatic carbocycles. The summed E-state index contributed by atoms with van der Waals surface area (Å²) in [7, 11) is 0. The van der Waals surface area contributed by atoms with Gasteiger partial charge in [0, 0.05) is 39.3 Å². The van der Waals surface area contributed by atoms with E-state index in [9.17, 15) is 14.7 Å². The summed E-state index contributed by atoms with van der Waals surface area (Å²) < 4.78 is 0. The van der Waals surface area contributed by atoms with Crippen LogP contribution in [0.25, 0.3) is 16.7 Å². The minimum atomic E-state index is -0.738. The van der Waals surface area contributed by atoms with Gasteiger partial charge in [-0.3, -0.25) is 9.59 Å². The van der Waals surface area contributed by atoms with Crippen LogP contribution < -0.4 is 0 Å². The average Bonchev–Trinajstić information content (AvgIpc) is 3.37. The number of aliphatic hydroxyl groups excluding tert-OH is 1. The van der Waals surface area contributed by atoms with E-state index in [0.29, 0.717) is 34.1 Å². The highest BCUT2D eigenvalue weighted by atomic mass is 35.5. The van der Waals surface area contributed by atoms with E-state index in [1.54, 1.807) is 48.5 Å². The fourth-order valence-electron chi connectivity index (χ4n) is 4.44. The second kappa shape index (κ2) is 9.01. The quantitative estimate of drug-likeness (QED) is 0.200. The van der Waals surface area contributed by atoms with E-state index in [-0.39, 0.29) is 11.3 Å². The summed E-state index contributed by atoms with van der Waals surface area (Å²) in [5.74, 6) is -1.59. The Labute approximate surface area is 206 Å². The number of rotatable bonds is 5. The number of carbonyl (C=O) groups excluding carboxylic acids is 2. The summed E-state index contributed by atoms with van der Waals surface area (Å²) in [5.41, 5.74) is 3.21. The standard InChI is InChI=1S/C27H20Cl2N2O3/c28-19-9-5-16(6-10-19)24-23(25(32)17-7-11-20(29)12-8-17)26(33)27(34)31(24)14-13-18-15-30-22-4-2-1-3-21(18)22/h1-12,15,24,30,32H,13-14H2/t24-/m0/s1. The minimum absolute atomic E-state index is 0.0496. The van der Waals surface area contributed by atoms with E-state index >= 15 is 0 Å². The molecule has 4 aromatic rings. The predicted molar refractivity (Wildman–Crippen MR) is 134 cm³/mol. The summed E-state index contributed by atoms with van der Waals surface area (Å²) in [5, 5.41) is 13.2. The molecule has 1 fully saturated rings. The fourth-order valence-corrected chi connectivity index (χ4v) is 4.70. The predicted octanol–water partition coefficient (Wildman–Crippen LogP) is 6.14. The molecule has 170 valence electrons. The van der Waals surface area contributed by atoms with Gasteiger partial charge < -0.3 is 15.0 Å². The molecular formula is C27H20Cl2N2O3. The van der Waals surface area contributed by atoms with Crippen molar-refractivity contribution in [3.8, 4) is 0 Å². The van der Waals surface area contributed by atoms with Crippen molar-refractivity contribution in [1.82, 2.24) is 9.88 Å². The molecule has 0 saturated carbocycles. The van der Waals surface area contributed by atoms with Crippen molar-refractivity contribution in [2.24, 2.45) is 0 Å². The van der Waals surface area contributed by atoms with E-state index in [2.05, 4.69) is 4.98 Å². The van der Waals surface area contributed by atoms with Gasteiger partial charge in [-0.05, 0) is 60.0 Å². The molecule has 1 atom stereocenters. The first kappa shape index (κ1) is 22.3. The molecule has 34 heavy (non-hydrogen) atoms. The molecule has 1 aliphatic rings. The van der Waals surface area contributed by atoms with E-state index < -0.39 is 17.7 Å². The number of para-hydroxylation sites is 1. The maximum Gasteiger partial charge on any atom is 0.295 e. The zero-order valence-corrected chi connectivity index (χ0v) is 19.5. The number of hydrogen-bond donors (Lipinski definition) is 2. The third kappa shape index (κ3) is 3.98. The molecule has 2 heterocycles. The molecule has 0 spiro atoms. The lowest BCUT2D eigenvalue weighted by Crippen LogP contribution is -2.31. The molecule has 7 heteroatoms. The van der Waals surface area contributed by atoms with Gasteiger partial charge in [0.15, 0.2) is 0 Å². The number of aromatic amines is 1. The molecule has 0 radical (unpaired) electrons. The second-order valence-electron chi connectivity index (χ2n) is 8.16. The van der Waals surface area contributed by atoms with Gasteiger partial charge in [-0.2, -0.15) is 0 Å². The summed E-state index contributed by atoms with van der Waals surface area (Å²) in [6.07, 6.45) is 2.47. The molecular weight excluding hydrogens is 471 g/mol. The maximum atomic E-state index is 13.2. The Hall–Kier alpha value is -3.54. The van der Waals surface area contributed by atoms with Crippen LogP contribution in [-0.2, 0) is 16.0 Å². The van der Waals surface area contributed by atoms with E-state index in [4.69, 9.17) is 23.2 Å². The zero-order valence-electron chi connectivity index (χ0n) is 18.0. The van der Waals surface area contributed by atoms with Gasteiger partial charge in [0.25, 0.3) is 11.7 Å². The van der Waals surface area contributed by atoms with Gasteiger partial charge in [0.2, 0.25) is 0 Å². The number of carbonyl (C=O) groups is 2. The monoisotopic (exact) mass is 490 g/mol. The normalized spacial score (nSPS) is 17.6. The van der Waals surface area contributed by atoms with Crippen molar-refractivity contribution >= 4 is 51.6 Å². The highest BCUT2D eigenvalue weighted by Crippen LogP contribution is 2.40. The third-order valence-corrected chi connectivity index (χ3v) is 6.64. The number of Topliss-reactive ketones (excluding diaryl/α,β-unsaturated/α-hetero) is 1.